The molecule has 1 aromatic rings. The van der Waals surface area contributed by atoms with E-state index in [4.69, 9.17) is 21.1 Å². The summed E-state index contributed by atoms with van der Waals surface area (Å²) in [5.74, 6) is -5.43. The first kappa shape index (κ1) is 21.4. The number of rotatable bonds is 9. The maximum absolute atomic E-state index is 12.3. The number of halogens is 1. The van der Waals surface area contributed by atoms with Crippen LogP contribution in [0.2, 0.25) is 5.02 Å². The number of ether oxygens (including phenoxy) is 2. The van der Waals surface area contributed by atoms with Gasteiger partial charge in [-0.2, -0.15) is 0 Å². The molecule has 2 atom stereocenters. The molecule has 0 aliphatic carbocycles. The summed E-state index contributed by atoms with van der Waals surface area (Å²) in [6.45, 7) is 3.17. The summed E-state index contributed by atoms with van der Waals surface area (Å²) in [4.78, 5) is 47.9. The summed E-state index contributed by atoms with van der Waals surface area (Å²) in [7, 11) is 0. The van der Waals surface area contributed by atoms with Crippen LogP contribution in [0.4, 0.5) is 0 Å². The third kappa shape index (κ3) is 6.03. The van der Waals surface area contributed by atoms with E-state index >= 15 is 0 Å². The van der Waals surface area contributed by atoms with E-state index in [0.29, 0.717) is 0 Å². The highest BCUT2D eigenvalue weighted by Gasteiger charge is 2.38. The van der Waals surface area contributed by atoms with Gasteiger partial charge in [0.25, 0.3) is 5.91 Å². The standard InChI is InChI=1S/C17H20ClNO7/c1-3-25-13(20)9-11(17(24)26-4-2)14(16(22)23)19-15(21)10-7-5-6-8-12(10)18/h5-8,11,14H,3-4,9H2,1-2H3,(H,19,21)(H,22,23)/t11-,14-/m0/s1. The molecular formula is C17H20ClNO7. The molecule has 0 aliphatic heterocycles. The Morgan fingerprint density at radius 2 is 1.73 bits per heavy atom. The predicted molar refractivity (Wildman–Crippen MR) is 91.7 cm³/mol. The van der Waals surface area contributed by atoms with Crippen molar-refractivity contribution in [3.05, 3.63) is 34.9 Å². The summed E-state index contributed by atoms with van der Waals surface area (Å²) in [6, 6.07) is 4.34. The van der Waals surface area contributed by atoms with Crippen LogP contribution in [0.3, 0.4) is 0 Å². The quantitative estimate of drug-likeness (QED) is 0.620. The van der Waals surface area contributed by atoms with Gasteiger partial charge in [0, 0.05) is 0 Å². The minimum atomic E-state index is -1.69. The maximum Gasteiger partial charge on any atom is 0.327 e. The number of carbonyl (C=O) groups is 4. The van der Waals surface area contributed by atoms with E-state index in [-0.39, 0.29) is 23.8 Å². The van der Waals surface area contributed by atoms with Gasteiger partial charge < -0.3 is 19.9 Å². The second kappa shape index (κ2) is 10.4. The van der Waals surface area contributed by atoms with Gasteiger partial charge in [0.05, 0.1) is 36.1 Å². The molecular weight excluding hydrogens is 366 g/mol. The van der Waals surface area contributed by atoms with Gasteiger partial charge in [-0.3, -0.25) is 14.4 Å². The molecule has 0 aliphatic rings. The third-order valence-corrected chi connectivity index (χ3v) is 3.68. The number of esters is 2. The smallest absolute Gasteiger partial charge is 0.327 e. The third-order valence-electron chi connectivity index (χ3n) is 3.35. The number of benzene rings is 1. The van der Waals surface area contributed by atoms with Crippen LogP contribution in [0, 0.1) is 5.92 Å². The fourth-order valence-electron chi connectivity index (χ4n) is 2.18. The van der Waals surface area contributed by atoms with Gasteiger partial charge in [0.1, 0.15) is 6.04 Å². The Morgan fingerprint density at radius 3 is 2.27 bits per heavy atom. The molecule has 8 nitrogen and oxygen atoms in total. The van der Waals surface area contributed by atoms with E-state index in [9.17, 15) is 24.3 Å². The predicted octanol–water partition coefficient (Wildman–Crippen LogP) is 1.66. The summed E-state index contributed by atoms with van der Waals surface area (Å²) in [5.41, 5.74) is 0.0409. The van der Waals surface area contributed by atoms with Crippen LogP contribution in [-0.4, -0.2) is 48.2 Å². The minimum Gasteiger partial charge on any atom is -0.480 e. The SMILES string of the molecule is CCOC(=O)C[C@H](C(=O)OCC)[C@H](NC(=O)c1ccccc1Cl)C(=O)O. The number of carboxylic acid groups (broad SMARTS) is 1. The van der Waals surface area contributed by atoms with Gasteiger partial charge >= 0.3 is 17.9 Å². The average Bonchev–Trinajstić information content (AvgIpc) is 2.58. The molecule has 1 aromatic carbocycles. The van der Waals surface area contributed by atoms with E-state index in [2.05, 4.69) is 5.32 Å². The van der Waals surface area contributed by atoms with Crippen molar-refractivity contribution < 1.29 is 33.8 Å². The highest BCUT2D eigenvalue weighted by Crippen LogP contribution is 2.18. The molecule has 142 valence electrons. The van der Waals surface area contributed by atoms with Gasteiger partial charge in [0.15, 0.2) is 0 Å². The highest BCUT2D eigenvalue weighted by molar-refractivity contribution is 6.33. The van der Waals surface area contributed by atoms with E-state index in [1.807, 2.05) is 0 Å². The lowest BCUT2D eigenvalue weighted by Gasteiger charge is -2.23. The Morgan fingerprint density at radius 1 is 1.12 bits per heavy atom. The Labute approximate surface area is 155 Å². The van der Waals surface area contributed by atoms with E-state index < -0.39 is 42.2 Å². The molecule has 2 N–H and O–H groups in total. The molecule has 0 saturated carbocycles. The number of amides is 1. The van der Waals surface area contributed by atoms with E-state index in [1.165, 1.54) is 19.1 Å². The Kier molecular flexibility index (Phi) is 8.57. The molecule has 0 fully saturated rings. The maximum atomic E-state index is 12.3. The van der Waals surface area contributed by atoms with Gasteiger partial charge in [0.2, 0.25) is 0 Å². The molecule has 26 heavy (non-hydrogen) atoms. The van der Waals surface area contributed by atoms with Gasteiger partial charge in [-0.25, -0.2) is 4.79 Å². The molecule has 1 rings (SSSR count). The number of nitrogens with one attached hydrogen (secondary N) is 1. The minimum absolute atomic E-state index is 0.0110. The van der Waals surface area contributed by atoms with Crippen molar-refractivity contribution in [1.82, 2.24) is 5.32 Å². The van der Waals surface area contributed by atoms with Crippen molar-refractivity contribution in [2.75, 3.05) is 13.2 Å². The van der Waals surface area contributed by atoms with Crippen molar-refractivity contribution in [3.63, 3.8) is 0 Å². The van der Waals surface area contributed by atoms with Crippen LogP contribution in [-0.2, 0) is 23.9 Å². The van der Waals surface area contributed by atoms with Crippen LogP contribution in [0.1, 0.15) is 30.6 Å². The van der Waals surface area contributed by atoms with Crippen molar-refractivity contribution in [3.8, 4) is 0 Å². The number of aliphatic carboxylic acids is 1. The van der Waals surface area contributed by atoms with Crippen LogP contribution >= 0.6 is 11.6 Å². The number of carboxylic acids is 1. The van der Waals surface area contributed by atoms with E-state index in [1.54, 1.807) is 19.1 Å². The van der Waals surface area contributed by atoms with Crippen molar-refractivity contribution >= 4 is 35.4 Å². The molecule has 9 heteroatoms. The Balaban J connectivity index is 3.08. The summed E-state index contributed by atoms with van der Waals surface area (Å²) in [6.07, 6.45) is -0.549. The lowest BCUT2D eigenvalue weighted by Crippen LogP contribution is -2.49. The second-order valence-electron chi connectivity index (χ2n) is 5.14. The molecule has 0 heterocycles. The highest BCUT2D eigenvalue weighted by atomic mass is 35.5. The second-order valence-corrected chi connectivity index (χ2v) is 5.54. The van der Waals surface area contributed by atoms with E-state index in [0.717, 1.165) is 0 Å². The number of hydrogen-bond donors (Lipinski definition) is 2. The first-order valence-electron chi connectivity index (χ1n) is 7.92. The zero-order chi connectivity index (χ0) is 19.7. The fourth-order valence-corrected chi connectivity index (χ4v) is 2.41. The average molecular weight is 386 g/mol. The summed E-state index contributed by atoms with van der Waals surface area (Å²) < 4.78 is 9.60. The molecule has 0 bridgehead atoms. The van der Waals surface area contributed by atoms with Crippen LogP contribution < -0.4 is 5.32 Å². The zero-order valence-corrected chi connectivity index (χ0v) is 15.1. The molecule has 0 aromatic heterocycles. The normalized spacial score (nSPS) is 12.6. The Bertz CT molecular complexity index is 677. The largest absolute Gasteiger partial charge is 0.480 e. The molecule has 0 radical (unpaired) electrons. The fraction of sp³-hybridized carbons (Fsp3) is 0.412. The van der Waals surface area contributed by atoms with Crippen LogP contribution in [0.15, 0.2) is 24.3 Å². The monoisotopic (exact) mass is 385 g/mol. The van der Waals surface area contributed by atoms with Crippen molar-refractivity contribution in [2.45, 2.75) is 26.3 Å². The van der Waals surface area contributed by atoms with Crippen molar-refractivity contribution in [1.29, 1.82) is 0 Å². The van der Waals surface area contributed by atoms with Gasteiger partial charge in [-0.15, -0.1) is 0 Å². The lowest BCUT2D eigenvalue weighted by molar-refractivity contribution is -0.159. The summed E-state index contributed by atoms with van der Waals surface area (Å²) >= 11 is 5.93. The molecule has 0 spiro atoms. The van der Waals surface area contributed by atoms with Gasteiger partial charge in [-0.1, -0.05) is 23.7 Å². The first-order chi connectivity index (χ1) is 12.3. The lowest BCUT2D eigenvalue weighted by atomic mass is 9.95. The zero-order valence-electron chi connectivity index (χ0n) is 14.4. The summed E-state index contributed by atoms with van der Waals surface area (Å²) in [5, 5.41) is 11.8. The number of carbonyl (C=O) groups excluding carboxylic acids is 3. The van der Waals surface area contributed by atoms with Crippen LogP contribution in [0.25, 0.3) is 0 Å². The van der Waals surface area contributed by atoms with Crippen molar-refractivity contribution in [2.24, 2.45) is 5.92 Å². The topological polar surface area (TPSA) is 119 Å². The molecule has 0 saturated heterocycles. The molecule has 0 unspecified atom stereocenters. The van der Waals surface area contributed by atoms with Gasteiger partial charge in [-0.05, 0) is 26.0 Å². The molecule has 1 amide bonds. The Hall–Kier alpha value is -2.61. The number of hydrogen-bond acceptors (Lipinski definition) is 6. The van der Waals surface area contributed by atoms with Crippen LogP contribution in [0.5, 0.6) is 0 Å². The first-order valence-corrected chi connectivity index (χ1v) is 8.30.